The van der Waals surface area contributed by atoms with Crippen molar-refractivity contribution in [3.63, 3.8) is 0 Å². The highest BCUT2D eigenvalue weighted by molar-refractivity contribution is 5.82. The normalized spacial score (nSPS) is 28.1. The molecule has 2 atom stereocenters. The van der Waals surface area contributed by atoms with Gasteiger partial charge in [-0.15, -0.1) is 0 Å². The smallest absolute Gasteiger partial charge is 0.313 e. The Labute approximate surface area is 95.9 Å². The Morgan fingerprint density at radius 2 is 2.12 bits per heavy atom. The molecule has 0 aliphatic heterocycles. The van der Waals surface area contributed by atoms with Gasteiger partial charge in [0.05, 0.1) is 12.5 Å². The Bertz CT molecular complexity index is 354. The maximum Gasteiger partial charge on any atom is 0.313 e. The fourth-order valence-electron chi connectivity index (χ4n) is 2.70. The van der Waals surface area contributed by atoms with E-state index in [4.69, 9.17) is 4.74 Å². The van der Waals surface area contributed by atoms with Gasteiger partial charge in [-0.2, -0.15) is 0 Å². The van der Waals surface area contributed by atoms with Crippen molar-refractivity contribution in [3.8, 4) is 0 Å². The number of rotatable bonds is 3. The molecule has 0 aromatic rings. The Hall–Kier alpha value is -1.12. The van der Waals surface area contributed by atoms with Crippen LogP contribution in [0.25, 0.3) is 0 Å². The lowest BCUT2D eigenvalue weighted by atomic mass is 9.67. The summed E-state index contributed by atoms with van der Waals surface area (Å²) in [5.41, 5.74) is 2.60. The zero-order valence-corrected chi connectivity index (χ0v) is 9.91. The lowest BCUT2D eigenvalue weighted by molar-refractivity contribution is -0.147. The molecule has 0 radical (unpaired) electrons. The van der Waals surface area contributed by atoms with E-state index >= 15 is 0 Å². The van der Waals surface area contributed by atoms with Crippen molar-refractivity contribution >= 4 is 11.8 Å². The van der Waals surface area contributed by atoms with E-state index in [0.717, 1.165) is 25.7 Å². The van der Waals surface area contributed by atoms with Crippen molar-refractivity contribution in [3.05, 3.63) is 11.1 Å². The minimum atomic E-state index is -0.106. The minimum Gasteiger partial charge on any atom is -0.466 e. The molecular weight excluding hydrogens is 204 g/mol. The zero-order chi connectivity index (χ0) is 11.7. The van der Waals surface area contributed by atoms with E-state index in [-0.39, 0.29) is 23.6 Å². The third-order valence-electron chi connectivity index (χ3n) is 3.73. The molecule has 88 valence electrons. The van der Waals surface area contributed by atoms with Crippen LogP contribution < -0.4 is 0 Å². The molecule has 0 fully saturated rings. The Morgan fingerprint density at radius 3 is 2.75 bits per heavy atom. The fraction of sp³-hybridized carbons (Fsp3) is 0.692. The summed E-state index contributed by atoms with van der Waals surface area (Å²) in [7, 11) is 0. The van der Waals surface area contributed by atoms with Crippen molar-refractivity contribution < 1.29 is 14.3 Å². The van der Waals surface area contributed by atoms with Gasteiger partial charge in [-0.1, -0.05) is 11.1 Å². The number of carbonyl (C=O) groups excluding carboxylic acids is 2. The molecule has 2 rings (SSSR count). The van der Waals surface area contributed by atoms with Gasteiger partial charge in [-0.05, 0) is 39.5 Å². The van der Waals surface area contributed by atoms with E-state index in [2.05, 4.69) is 0 Å². The van der Waals surface area contributed by atoms with Gasteiger partial charge in [-0.25, -0.2) is 0 Å². The van der Waals surface area contributed by atoms with Gasteiger partial charge in [0, 0.05) is 5.92 Å². The van der Waals surface area contributed by atoms with Crippen molar-refractivity contribution in [2.24, 2.45) is 11.8 Å². The second-order valence-electron chi connectivity index (χ2n) is 4.69. The number of Topliss-reactive ketones (excluding diaryl/α,β-unsaturated/α-hetero) is 1. The van der Waals surface area contributed by atoms with Crippen LogP contribution in [0.1, 0.15) is 39.5 Å². The van der Waals surface area contributed by atoms with Crippen molar-refractivity contribution in [1.29, 1.82) is 0 Å². The van der Waals surface area contributed by atoms with Crippen LogP contribution in [0.2, 0.25) is 0 Å². The van der Waals surface area contributed by atoms with Crippen LogP contribution in [-0.2, 0) is 14.3 Å². The van der Waals surface area contributed by atoms with Crippen LogP contribution in [0.5, 0.6) is 0 Å². The summed E-state index contributed by atoms with van der Waals surface area (Å²) in [6.45, 7) is 3.91. The van der Waals surface area contributed by atoms with Gasteiger partial charge in [0.1, 0.15) is 5.78 Å². The molecule has 3 nitrogen and oxygen atoms in total. The topological polar surface area (TPSA) is 43.4 Å². The van der Waals surface area contributed by atoms with Crippen LogP contribution in [0, 0.1) is 11.8 Å². The number of ether oxygens (including phenoxy) is 1. The molecule has 0 amide bonds. The molecule has 2 unspecified atom stereocenters. The quantitative estimate of drug-likeness (QED) is 0.543. The minimum absolute atomic E-state index is 0.0444. The van der Waals surface area contributed by atoms with E-state index in [1.807, 2.05) is 6.92 Å². The summed E-state index contributed by atoms with van der Waals surface area (Å²) >= 11 is 0. The highest BCUT2D eigenvalue weighted by Gasteiger charge is 2.40. The van der Waals surface area contributed by atoms with E-state index in [1.165, 1.54) is 11.1 Å². The Kier molecular flexibility index (Phi) is 3.13. The van der Waals surface area contributed by atoms with Crippen LogP contribution in [0.4, 0.5) is 0 Å². The number of allylic oxidation sites excluding steroid dienone is 1. The van der Waals surface area contributed by atoms with Gasteiger partial charge in [0.15, 0.2) is 0 Å². The lowest BCUT2D eigenvalue weighted by Crippen LogP contribution is -2.33. The third-order valence-corrected chi connectivity index (χ3v) is 3.73. The second kappa shape index (κ2) is 4.40. The summed E-state index contributed by atoms with van der Waals surface area (Å²) in [4.78, 5) is 23.0. The zero-order valence-electron chi connectivity index (χ0n) is 9.91. The average Bonchev–Trinajstić information content (AvgIpc) is 2.19. The summed E-state index contributed by atoms with van der Waals surface area (Å²) in [6, 6.07) is 0. The van der Waals surface area contributed by atoms with Gasteiger partial charge in [0.25, 0.3) is 0 Å². The molecule has 0 saturated heterocycles. The molecule has 2 aliphatic rings. The number of hydrogen-bond acceptors (Lipinski definition) is 3. The van der Waals surface area contributed by atoms with Gasteiger partial charge < -0.3 is 4.74 Å². The molecule has 16 heavy (non-hydrogen) atoms. The van der Waals surface area contributed by atoms with Crippen LogP contribution >= 0.6 is 0 Å². The van der Waals surface area contributed by atoms with E-state index in [1.54, 1.807) is 6.92 Å². The number of esters is 1. The van der Waals surface area contributed by atoms with Gasteiger partial charge >= 0.3 is 5.97 Å². The van der Waals surface area contributed by atoms with Gasteiger partial charge in [-0.3, -0.25) is 9.59 Å². The molecule has 0 bridgehead atoms. The summed E-state index contributed by atoms with van der Waals surface area (Å²) in [5.74, 6) is 0.236. The van der Waals surface area contributed by atoms with Crippen molar-refractivity contribution in [1.82, 2.24) is 0 Å². The number of hydrogen-bond donors (Lipinski definition) is 0. The first-order chi connectivity index (χ1) is 7.63. The van der Waals surface area contributed by atoms with Crippen molar-refractivity contribution in [2.45, 2.75) is 39.5 Å². The summed E-state index contributed by atoms with van der Waals surface area (Å²) in [5, 5.41) is 0. The molecule has 0 aromatic heterocycles. The monoisotopic (exact) mass is 222 g/mol. The first-order valence-electron chi connectivity index (χ1n) is 6.01. The molecule has 0 spiro atoms. The molecule has 0 N–H and O–H groups in total. The first-order valence-corrected chi connectivity index (χ1v) is 6.01. The second-order valence-corrected chi connectivity index (χ2v) is 4.69. The SMILES string of the molecule is CCOC(=O)C1CC2=C1CC(C(C)=O)CC2. The van der Waals surface area contributed by atoms with Crippen LogP contribution in [0.15, 0.2) is 11.1 Å². The predicted octanol–water partition coefficient (Wildman–Crippen LogP) is 2.26. The standard InChI is InChI=1S/C13H18O3/c1-3-16-13(15)12-7-10-5-4-9(8(2)14)6-11(10)12/h9,12H,3-7H2,1-2H3. The fourth-order valence-corrected chi connectivity index (χ4v) is 2.70. The largest absolute Gasteiger partial charge is 0.466 e. The highest BCUT2D eigenvalue weighted by atomic mass is 16.5. The molecule has 2 aliphatic carbocycles. The van der Waals surface area contributed by atoms with E-state index in [0.29, 0.717) is 6.61 Å². The first kappa shape index (κ1) is 11.4. The maximum atomic E-state index is 11.6. The van der Waals surface area contributed by atoms with Crippen LogP contribution in [0.3, 0.4) is 0 Å². The predicted molar refractivity (Wildman–Crippen MR) is 59.8 cm³/mol. The Balaban J connectivity index is 2.02. The molecule has 0 saturated carbocycles. The van der Waals surface area contributed by atoms with E-state index < -0.39 is 0 Å². The third kappa shape index (κ3) is 1.91. The lowest BCUT2D eigenvalue weighted by Gasteiger charge is -2.38. The Morgan fingerprint density at radius 1 is 1.38 bits per heavy atom. The molecule has 3 heteroatoms. The molecule has 0 heterocycles. The maximum absolute atomic E-state index is 11.6. The van der Waals surface area contributed by atoms with Gasteiger partial charge in [0.2, 0.25) is 0 Å². The average molecular weight is 222 g/mol. The number of carbonyl (C=O) groups is 2. The summed E-state index contributed by atoms with van der Waals surface area (Å²) < 4.78 is 5.03. The highest BCUT2D eigenvalue weighted by Crippen LogP contribution is 2.46. The molecular formula is C13H18O3. The van der Waals surface area contributed by atoms with Crippen LogP contribution in [-0.4, -0.2) is 18.4 Å². The number of ketones is 1. The van der Waals surface area contributed by atoms with E-state index in [9.17, 15) is 9.59 Å². The van der Waals surface area contributed by atoms with Crippen molar-refractivity contribution in [2.75, 3.05) is 6.61 Å². The summed E-state index contributed by atoms with van der Waals surface area (Å²) in [6.07, 6.45) is 3.60. The molecule has 0 aromatic carbocycles.